The van der Waals surface area contributed by atoms with Crippen molar-refractivity contribution in [3.63, 3.8) is 0 Å². The lowest BCUT2D eigenvalue weighted by molar-refractivity contribution is -0.0249. The van der Waals surface area contributed by atoms with Crippen molar-refractivity contribution < 1.29 is 57.0 Å². The summed E-state index contributed by atoms with van der Waals surface area (Å²) in [6.07, 6.45) is -0.455. The molecular weight excluding hydrogens is 604 g/mol. The summed E-state index contributed by atoms with van der Waals surface area (Å²) in [5, 5.41) is 5.43. The third kappa shape index (κ3) is 29.0. The van der Waals surface area contributed by atoms with Crippen LogP contribution in [0.5, 0.6) is 0 Å². The van der Waals surface area contributed by atoms with E-state index in [4.69, 9.17) is 47.4 Å². The molecule has 0 heterocycles. The van der Waals surface area contributed by atoms with Gasteiger partial charge in [-0.05, 0) is 32.9 Å². The average molecular weight is 661 g/mol. The molecule has 1 aromatic rings. The smallest absolute Gasteiger partial charge is 0.407 e. The zero-order valence-electron chi connectivity index (χ0n) is 27.9. The number of amides is 2. The van der Waals surface area contributed by atoms with Crippen molar-refractivity contribution in [1.82, 2.24) is 10.6 Å². The summed E-state index contributed by atoms with van der Waals surface area (Å²) < 4.78 is 54.2. The predicted molar refractivity (Wildman–Crippen MR) is 170 cm³/mol. The normalized spacial score (nSPS) is 11.5. The highest BCUT2D eigenvalue weighted by Crippen LogP contribution is 2.06. The monoisotopic (exact) mass is 660 g/mol. The first kappa shape index (κ1) is 41.6. The first-order chi connectivity index (χ1) is 22.4. The van der Waals surface area contributed by atoms with Crippen molar-refractivity contribution in [3.8, 4) is 0 Å². The highest BCUT2D eigenvalue weighted by atomic mass is 16.6. The summed E-state index contributed by atoms with van der Waals surface area (Å²) in [5.74, 6) is -0.110. The van der Waals surface area contributed by atoms with E-state index >= 15 is 0 Å². The highest BCUT2D eigenvalue weighted by molar-refractivity contribution is 5.94. The molecule has 0 fully saturated rings. The Morgan fingerprint density at radius 3 is 1.11 bits per heavy atom. The van der Waals surface area contributed by atoms with Gasteiger partial charge in [0.25, 0.3) is 5.91 Å². The molecule has 1 aromatic carbocycles. The average Bonchev–Trinajstić information content (AvgIpc) is 3.03. The topological polar surface area (TPSA) is 151 Å². The molecule has 2 amide bonds. The second-order valence-corrected chi connectivity index (χ2v) is 10.6. The molecule has 0 aliphatic heterocycles. The molecule has 1 rings (SSSR count). The van der Waals surface area contributed by atoms with Crippen molar-refractivity contribution in [2.45, 2.75) is 26.4 Å². The highest BCUT2D eigenvalue weighted by Gasteiger charge is 2.15. The first-order valence-electron chi connectivity index (χ1n) is 15.9. The van der Waals surface area contributed by atoms with Crippen LogP contribution in [0, 0.1) is 0 Å². The molecule has 14 heteroatoms. The Kier molecular flexibility index (Phi) is 27.1. The first-order valence-corrected chi connectivity index (χ1v) is 15.9. The lowest BCUT2D eigenvalue weighted by Crippen LogP contribution is -2.34. The largest absolute Gasteiger partial charge is 0.444 e. The molecule has 0 bridgehead atoms. The van der Waals surface area contributed by atoms with E-state index in [-0.39, 0.29) is 5.91 Å². The van der Waals surface area contributed by atoms with Crippen LogP contribution in [0.25, 0.3) is 0 Å². The summed E-state index contributed by atoms with van der Waals surface area (Å²) >= 11 is 0. The molecule has 0 saturated carbocycles. The zero-order chi connectivity index (χ0) is 33.4. The van der Waals surface area contributed by atoms with E-state index in [9.17, 15) is 9.59 Å². The Hall–Kier alpha value is -2.40. The lowest BCUT2D eigenvalue weighted by Gasteiger charge is -2.19. The van der Waals surface area contributed by atoms with Gasteiger partial charge in [-0.2, -0.15) is 0 Å². The van der Waals surface area contributed by atoms with Crippen LogP contribution in [-0.2, 0) is 47.4 Å². The molecular formula is C32H56N2O12. The number of carbonyl (C=O) groups excluding carboxylic acids is 2. The van der Waals surface area contributed by atoms with Crippen LogP contribution in [0.15, 0.2) is 30.3 Å². The molecule has 266 valence electrons. The molecule has 0 atom stereocenters. The van der Waals surface area contributed by atoms with Gasteiger partial charge in [-0.3, -0.25) is 4.79 Å². The van der Waals surface area contributed by atoms with Crippen LogP contribution >= 0.6 is 0 Å². The van der Waals surface area contributed by atoms with Crippen LogP contribution in [-0.4, -0.2) is 150 Å². The van der Waals surface area contributed by atoms with Crippen molar-refractivity contribution >= 4 is 12.0 Å². The van der Waals surface area contributed by atoms with E-state index in [0.717, 1.165) is 0 Å². The lowest BCUT2D eigenvalue weighted by atomic mass is 10.2. The van der Waals surface area contributed by atoms with Gasteiger partial charge in [0.05, 0.1) is 119 Å². The van der Waals surface area contributed by atoms with E-state index in [0.29, 0.717) is 138 Å². The van der Waals surface area contributed by atoms with Gasteiger partial charge < -0.3 is 58.0 Å². The fraction of sp³-hybridized carbons (Fsp3) is 0.750. The molecule has 0 aromatic heterocycles. The van der Waals surface area contributed by atoms with Crippen LogP contribution in [0.4, 0.5) is 4.79 Å². The van der Waals surface area contributed by atoms with Crippen molar-refractivity contribution in [2.75, 3.05) is 132 Å². The molecule has 46 heavy (non-hydrogen) atoms. The van der Waals surface area contributed by atoms with Crippen LogP contribution < -0.4 is 10.6 Å². The third-order valence-corrected chi connectivity index (χ3v) is 5.46. The van der Waals surface area contributed by atoms with E-state index < -0.39 is 11.7 Å². The van der Waals surface area contributed by atoms with Crippen molar-refractivity contribution in [2.24, 2.45) is 0 Å². The number of hydrogen-bond acceptors (Lipinski definition) is 12. The minimum absolute atomic E-state index is 0.110. The maximum Gasteiger partial charge on any atom is 0.407 e. The number of alkyl carbamates (subject to hydrolysis) is 1. The number of hydrogen-bond donors (Lipinski definition) is 2. The number of carbonyl (C=O) groups is 2. The summed E-state index contributed by atoms with van der Waals surface area (Å²) in [4.78, 5) is 23.4. The fourth-order valence-electron chi connectivity index (χ4n) is 3.33. The van der Waals surface area contributed by atoms with Gasteiger partial charge in [0.2, 0.25) is 0 Å². The van der Waals surface area contributed by atoms with E-state index in [1.807, 2.05) is 39.0 Å². The summed E-state index contributed by atoms with van der Waals surface area (Å²) in [5.41, 5.74) is 0.119. The Morgan fingerprint density at radius 2 is 0.783 bits per heavy atom. The van der Waals surface area contributed by atoms with Gasteiger partial charge >= 0.3 is 6.09 Å². The quantitative estimate of drug-likeness (QED) is 0.112. The Labute approximate surface area is 273 Å². The van der Waals surface area contributed by atoms with Crippen molar-refractivity contribution in [3.05, 3.63) is 35.9 Å². The molecule has 0 aliphatic rings. The van der Waals surface area contributed by atoms with E-state index in [2.05, 4.69) is 10.6 Å². The maximum absolute atomic E-state index is 11.9. The molecule has 0 radical (unpaired) electrons. The molecule has 0 spiro atoms. The summed E-state index contributed by atoms with van der Waals surface area (Å²) in [6, 6.07) is 9.07. The number of nitrogens with one attached hydrogen (secondary N) is 2. The summed E-state index contributed by atoms with van der Waals surface area (Å²) in [7, 11) is 0. The van der Waals surface area contributed by atoms with Crippen LogP contribution in [0.2, 0.25) is 0 Å². The zero-order valence-corrected chi connectivity index (χ0v) is 27.9. The minimum atomic E-state index is -0.513. The number of ether oxygens (including phenoxy) is 10. The Morgan fingerprint density at radius 1 is 0.478 bits per heavy atom. The van der Waals surface area contributed by atoms with Gasteiger partial charge in [0.1, 0.15) is 5.60 Å². The molecule has 2 N–H and O–H groups in total. The number of benzene rings is 1. The number of rotatable bonds is 31. The third-order valence-electron chi connectivity index (χ3n) is 5.46. The van der Waals surface area contributed by atoms with Crippen LogP contribution in [0.3, 0.4) is 0 Å². The molecule has 0 unspecified atom stereocenters. The van der Waals surface area contributed by atoms with Gasteiger partial charge in [0.15, 0.2) is 0 Å². The van der Waals surface area contributed by atoms with Gasteiger partial charge in [0, 0.05) is 18.7 Å². The second-order valence-electron chi connectivity index (χ2n) is 10.6. The fourth-order valence-corrected chi connectivity index (χ4v) is 3.33. The Bertz CT molecular complexity index is 842. The second kappa shape index (κ2) is 30.0. The van der Waals surface area contributed by atoms with Crippen LogP contribution in [0.1, 0.15) is 31.1 Å². The molecule has 14 nitrogen and oxygen atoms in total. The van der Waals surface area contributed by atoms with Gasteiger partial charge in [-0.25, -0.2) is 4.79 Å². The minimum Gasteiger partial charge on any atom is -0.444 e. The maximum atomic E-state index is 11.9. The predicted octanol–water partition coefficient (Wildman–Crippen LogP) is 2.09. The summed E-state index contributed by atoms with van der Waals surface area (Å²) in [6.45, 7) is 14.7. The van der Waals surface area contributed by atoms with Gasteiger partial charge in [-0.15, -0.1) is 0 Å². The standard InChI is InChI=1S/C32H56N2O12/c1-32(2,3)46-31(36)34-10-12-38-14-16-40-18-20-42-22-24-44-26-28-45-27-25-43-23-21-41-19-17-39-15-13-37-11-9-33-30(35)29-7-5-4-6-8-29/h4-8H,9-28H2,1-3H3,(H,33,35)(H,34,36). The van der Waals surface area contributed by atoms with Crippen molar-refractivity contribution in [1.29, 1.82) is 0 Å². The molecule has 0 saturated heterocycles. The Balaban J connectivity index is 1.66. The van der Waals surface area contributed by atoms with Gasteiger partial charge in [-0.1, -0.05) is 18.2 Å². The SMILES string of the molecule is CC(C)(C)OC(=O)NCCOCCOCCOCCOCCOCCOCCOCCOCCOCCNC(=O)c1ccccc1. The van der Waals surface area contributed by atoms with E-state index in [1.54, 1.807) is 12.1 Å². The molecule has 0 aliphatic carbocycles. The van der Waals surface area contributed by atoms with E-state index in [1.165, 1.54) is 0 Å².